The lowest BCUT2D eigenvalue weighted by molar-refractivity contribution is -0.131. The largest absolute Gasteiger partial charge is 0.364 e. The lowest BCUT2D eigenvalue weighted by atomic mass is 9.79. The molecule has 2 unspecified atom stereocenters. The standard InChI is InChI=1S/C15H28N2O2/c1-11-4-2-3-5-12(11)8-9-17-15(18)14-7-6-13(10-16)19-14/h11-14H,2-10,16H2,1H3,(H,17,18)/t11?,12?,13-,14+/m1/s1. The highest BCUT2D eigenvalue weighted by atomic mass is 16.5. The molecule has 1 aliphatic heterocycles. The summed E-state index contributed by atoms with van der Waals surface area (Å²) in [4.78, 5) is 12.0. The molecule has 0 aromatic heterocycles. The zero-order valence-electron chi connectivity index (χ0n) is 12.1. The third-order valence-electron chi connectivity index (χ3n) is 4.77. The number of nitrogens with two attached hydrogens (primary N) is 1. The maximum absolute atomic E-state index is 12.0. The molecule has 0 spiro atoms. The second-order valence-corrected chi connectivity index (χ2v) is 6.16. The first kappa shape index (κ1) is 14.8. The van der Waals surface area contributed by atoms with E-state index in [1.165, 1.54) is 25.7 Å². The van der Waals surface area contributed by atoms with Crippen molar-refractivity contribution in [3.8, 4) is 0 Å². The predicted octanol–water partition coefficient (Wildman–Crippen LogP) is 1.83. The Morgan fingerprint density at radius 2 is 2.05 bits per heavy atom. The Hall–Kier alpha value is -0.610. The minimum Gasteiger partial charge on any atom is -0.364 e. The average Bonchev–Trinajstić information content (AvgIpc) is 2.90. The third kappa shape index (κ3) is 4.18. The topological polar surface area (TPSA) is 64.4 Å². The van der Waals surface area contributed by atoms with Crippen LogP contribution in [0.5, 0.6) is 0 Å². The van der Waals surface area contributed by atoms with Crippen LogP contribution >= 0.6 is 0 Å². The fourth-order valence-corrected chi connectivity index (χ4v) is 3.39. The highest BCUT2D eigenvalue weighted by Crippen LogP contribution is 2.31. The van der Waals surface area contributed by atoms with E-state index in [4.69, 9.17) is 10.5 Å². The van der Waals surface area contributed by atoms with E-state index in [-0.39, 0.29) is 18.1 Å². The molecule has 0 radical (unpaired) electrons. The van der Waals surface area contributed by atoms with Gasteiger partial charge in [0.1, 0.15) is 6.10 Å². The zero-order chi connectivity index (χ0) is 13.7. The highest BCUT2D eigenvalue weighted by molar-refractivity contribution is 5.80. The Balaban J connectivity index is 1.64. The molecule has 2 aliphatic rings. The second kappa shape index (κ2) is 7.25. The molecule has 3 N–H and O–H groups in total. The molecule has 4 nitrogen and oxygen atoms in total. The Kier molecular flexibility index (Phi) is 5.64. The van der Waals surface area contributed by atoms with Gasteiger partial charge in [-0.1, -0.05) is 32.6 Å². The third-order valence-corrected chi connectivity index (χ3v) is 4.77. The van der Waals surface area contributed by atoms with Crippen molar-refractivity contribution in [3.05, 3.63) is 0 Å². The van der Waals surface area contributed by atoms with E-state index in [0.29, 0.717) is 6.54 Å². The highest BCUT2D eigenvalue weighted by Gasteiger charge is 2.29. The van der Waals surface area contributed by atoms with Gasteiger partial charge >= 0.3 is 0 Å². The molecule has 1 amide bonds. The molecule has 2 fully saturated rings. The van der Waals surface area contributed by atoms with E-state index in [2.05, 4.69) is 12.2 Å². The number of carbonyl (C=O) groups excluding carboxylic acids is 1. The summed E-state index contributed by atoms with van der Waals surface area (Å²) in [6, 6.07) is 0. The molecular weight excluding hydrogens is 240 g/mol. The molecular formula is C15H28N2O2. The van der Waals surface area contributed by atoms with Gasteiger partial charge in [0.2, 0.25) is 5.91 Å². The van der Waals surface area contributed by atoms with Crippen LogP contribution in [-0.4, -0.2) is 31.2 Å². The van der Waals surface area contributed by atoms with Gasteiger partial charge in [-0.05, 0) is 31.1 Å². The molecule has 4 heteroatoms. The van der Waals surface area contributed by atoms with Crippen molar-refractivity contribution in [3.63, 3.8) is 0 Å². The average molecular weight is 268 g/mol. The van der Waals surface area contributed by atoms with Crippen molar-refractivity contribution in [2.24, 2.45) is 17.6 Å². The molecule has 2 rings (SSSR count). The van der Waals surface area contributed by atoms with Crippen molar-refractivity contribution in [2.45, 2.75) is 64.1 Å². The SMILES string of the molecule is CC1CCCCC1CCNC(=O)[C@@H]1CC[C@H](CN)O1. The number of hydrogen-bond acceptors (Lipinski definition) is 3. The number of ether oxygens (including phenoxy) is 1. The van der Waals surface area contributed by atoms with Gasteiger partial charge in [0.15, 0.2) is 0 Å². The lowest BCUT2D eigenvalue weighted by Crippen LogP contribution is -2.37. The summed E-state index contributed by atoms with van der Waals surface area (Å²) < 4.78 is 5.60. The molecule has 0 bridgehead atoms. The first-order valence-corrected chi connectivity index (χ1v) is 7.84. The van der Waals surface area contributed by atoms with E-state index in [1.807, 2.05) is 0 Å². The van der Waals surface area contributed by atoms with Crippen LogP contribution in [0.4, 0.5) is 0 Å². The van der Waals surface area contributed by atoms with Gasteiger partial charge < -0.3 is 15.8 Å². The number of rotatable bonds is 5. The van der Waals surface area contributed by atoms with Crippen LogP contribution in [0.25, 0.3) is 0 Å². The zero-order valence-corrected chi connectivity index (χ0v) is 12.1. The molecule has 1 saturated carbocycles. The summed E-state index contributed by atoms with van der Waals surface area (Å²) in [5, 5.41) is 3.03. The van der Waals surface area contributed by atoms with Gasteiger partial charge in [-0.15, -0.1) is 0 Å². The Bertz CT molecular complexity index is 296. The number of nitrogens with one attached hydrogen (secondary N) is 1. The normalized spacial score (nSPS) is 35.3. The number of carbonyl (C=O) groups is 1. The Morgan fingerprint density at radius 1 is 1.26 bits per heavy atom. The summed E-state index contributed by atoms with van der Waals surface area (Å²) in [5.74, 6) is 1.66. The Labute approximate surface area is 116 Å². The van der Waals surface area contributed by atoms with Gasteiger partial charge in [0.25, 0.3) is 0 Å². The van der Waals surface area contributed by atoms with Crippen LogP contribution in [-0.2, 0) is 9.53 Å². The van der Waals surface area contributed by atoms with Gasteiger partial charge in [0.05, 0.1) is 6.10 Å². The molecule has 1 heterocycles. The van der Waals surface area contributed by atoms with Crippen LogP contribution in [0.2, 0.25) is 0 Å². The van der Waals surface area contributed by atoms with Crippen molar-refractivity contribution in [1.29, 1.82) is 0 Å². The van der Waals surface area contributed by atoms with Gasteiger partial charge in [0, 0.05) is 13.1 Å². The van der Waals surface area contributed by atoms with Gasteiger partial charge in [-0.2, -0.15) is 0 Å². The smallest absolute Gasteiger partial charge is 0.249 e. The van der Waals surface area contributed by atoms with Gasteiger partial charge in [-0.3, -0.25) is 4.79 Å². The van der Waals surface area contributed by atoms with Gasteiger partial charge in [-0.25, -0.2) is 0 Å². The lowest BCUT2D eigenvalue weighted by Gasteiger charge is -2.28. The maximum atomic E-state index is 12.0. The maximum Gasteiger partial charge on any atom is 0.249 e. The summed E-state index contributed by atoms with van der Waals surface area (Å²) in [5.41, 5.74) is 5.55. The van der Waals surface area contributed by atoms with Crippen LogP contribution < -0.4 is 11.1 Å². The van der Waals surface area contributed by atoms with Crippen LogP contribution in [0.1, 0.15) is 51.9 Å². The fraction of sp³-hybridized carbons (Fsp3) is 0.933. The van der Waals surface area contributed by atoms with Crippen LogP contribution in [0, 0.1) is 11.8 Å². The molecule has 19 heavy (non-hydrogen) atoms. The molecule has 110 valence electrons. The van der Waals surface area contributed by atoms with Crippen molar-refractivity contribution in [2.75, 3.05) is 13.1 Å². The number of hydrogen-bond donors (Lipinski definition) is 2. The minimum absolute atomic E-state index is 0.0550. The van der Waals surface area contributed by atoms with Crippen molar-refractivity contribution in [1.82, 2.24) is 5.32 Å². The number of amides is 1. The predicted molar refractivity (Wildman–Crippen MR) is 75.7 cm³/mol. The first-order chi connectivity index (χ1) is 9.20. The van der Waals surface area contributed by atoms with E-state index in [9.17, 15) is 4.79 Å². The molecule has 1 saturated heterocycles. The summed E-state index contributed by atoms with van der Waals surface area (Å²) >= 11 is 0. The Morgan fingerprint density at radius 3 is 2.74 bits per heavy atom. The summed E-state index contributed by atoms with van der Waals surface area (Å²) in [6.45, 7) is 3.65. The monoisotopic (exact) mass is 268 g/mol. The van der Waals surface area contributed by atoms with Crippen molar-refractivity contribution >= 4 is 5.91 Å². The van der Waals surface area contributed by atoms with E-state index >= 15 is 0 Å². The summed E-state index contributed by atoms with van der Waals surface area (Å²) in [6.07, 6.45) is 8.05. The second-order valence-electron chi connectivity index (χ2n) is 6.16. The molecule has 4 atom stereocenters. The fourth-order valence-electron chi connectivity index (χ4n) is 3.39. The van der Waals surface area contributed by atoms with Crippen LogP contribution in [0.15, 0.2) is 0 Å². The molecule has 1 aliphatic carbocycles. The minimum atomic E-state index is -0.266. The molecule has 0 aromatic rings. The summed E-state index contributed by atoms with van der Waals surface area (Å²) in [7, 11) is 0. The van der Waals surface area contributed by atoms with E-state index in [1.54, 1.807) is 0 Å². The van der Waals surface area contributed by atoms with Crippen LogP contribution in [0.3, 0.4) is 0 Å². The first-order valence-electron chi connectivity index (χ1n) is 7.84. The van der Waals surface area contributed by atoms with Crippen molar-refractivity contribution < 1.29 is 9.53 Å². The van der Waals surface area contributed by atoms with E-state index < -0.39 is 0 Å². The quantitative estimate of drug-likeness (QED) is 0.799. The van der Waals surface area contributed by atoms with E-state index in [0.717, 1.165) is 37.6 Å². The molecule has 0 aromatic carbocycles.